The molecular formula is C20H26N2O2S. The Balaban J connectivity index is 1.74. The van der Waals surface area contributed by atoms with Crippen LogP contribution in [0.5, 0.6) is 5.75 Å². The van der Waals surface area contributed by atoms with E-state index < -0.39 is 0 Å². The van der Waals surface area contributed by atoms with Gasteiger partial charge in [0.05, 0.1) is 12.8 Å². The maximum Gasteiger partial charge on any atom is 0.319 e. The highest BCUT2D eigenvalue weighted by atomic mass is 32.2. The number of benzene rings is 2. The summed E-state index contributed by atoms with van der Waals surface area (Å²) in [5, 5.41) is 5.69. The maximum absolute atomic E-state index is 12.0. The van der Waals surface area contributed by atoms with Crippen LogP contribution in [0.3, 0.4) is 0 Å². The topological polar surface area (TPSA) is 50.4 Å². The molecule has 0 unspecified atom stereocenters. The van der Waals surface area contributed by atoms with Crippen molar-refractivity contribution in [2.75, 3.05) is 24.7 Å². The summed E-state index contributed by atoms with van der Waals surface area (Å²) in [6.07, 6.45) is 0. The van der Waals surface area contributed by atoms with E-state index in [1.165, 1.54) is 22.3 Å². The predicted octanol–water partition coefficient (Wildman–Crippen LogP) is 4.68. The summed E-state index contributed by atoms with van der Waals surface area (Å²) in [5.41, 5.74) is 6.05. The first-order valence-electron chi connectivity index (χ1n) is 8.33. The minimum atomic E-state index is -0.215. The Kier molecular flexibility index (Phi) is 7.19. The second kappa shape index (κ2) is 9.37. The van der Waals surface area contributed by atoms with Crippen molar-refractivity contribution < 1.29 is 9.53 Å². The molecule has 0 saturated heterocycles. The number of urea groups is 1. The van der Waals surface area contributed by atoms with Crippen molar-refractivity contribution in [1.82, 2.24) is 5.32 Å². The van der Waals surface area contributed by atoms with E-state index in [1.54, 1.807) is 7.11 Å². The van der Waals surface area contributed by atoms with Gasteiger partial charge in [0.25, 0.3) is 0 Å². The molecular weight excluding hydrogens is 332 g/mol. The zero-order valence-electron chi connectivity index (χ0n) is 15.3. The summed E-state index contributed by atoms with van der Waals surface area (Å²) in [6.45, 7) is 7.07. The number of carbonyl (C=O) groups is 1. The summed E-state index contributed by atoms with van der Waals surface area (Å²) in [7, 11) is 1.59. The van der Waals surface area contributed by atoms with Crippen molar-refractivity contribution in [3.05, 3.63) is 58.7 Å². The van der Waals surface area contributed by atoms with Crippen LogP contribution in [0, 0.1) is 20.8 Å². The van der Waals surface area contributed by atoms with Gasteiger partial charge in [-0.2, -0.15) is 11.8 Å². The molecule has 4 nitrogen and oxygen atoms in total. The molecule has 0 aliphatic rings. The van der Waals surface area contributed by atoms with E-state index in [0.29, 0.717) is 18.0 Å². The molecule has 0 fully saturated rings. The lowest BCUT2D eigenvalue weighted by Gasteiger charge is -2.12. The summed E-state index contributed by atoms with van der Waals surface area (Å²) in [4.78, 5) is 12.0. The van der Waals surface area contributed by atoms with Crippen LogP contribution in [-0.2, 0) is 5.75 Å². The van der Waals surface area contributed by atoms with Gasteiger partial charge in [-0.3, -0.25) is 0 Å². The second-order valence-corrected chi connectivity index (χ2v) is 7.12. The quantitative estimate of drug-likeness (QED) is 0.707. The van der Waals surface area contributed by atoms with Crippen LogP contribution in [0.1, 0.15) is 22.3 Å². The molecule has 25 heavy (non-hydrogen) atoms. The molecule has 2 N–H and O–H groups in total. The molecule has 0 aliphatic heterocycles. The van der Waals surface area contributed by atoms with Crippen LogP contribution < -0.4 is 15.4 Å². The Labute approximate surface area is 154 Å². The first kappa shape index (κ1) is 19.2. The predicted molar refractivity (Wildman–Crippen MR) is 107 cm³/mol. The van der Waals surface area contributed by atoms with Gasteiger partial charge in [-0.05, 0) is 49.6 Å². The maximum atomic E-state index is 12.0. The molecule has 0 radical (unpaired) electrons. The molecule has 0 bridgehead atoms. The van der Waals surface area contributed by atoms with Crippen molar-refractivity contribution in [2.24, 2.45) is 0 Å². The third-order valence-electron chi connectivity index (χ3n) is 3.97. The number of nitrogens with one attached hydrogen (secondary N) is 2. The number of hydrogen-bond acceptors (Lipinski definition) is 3. The number of rotatable bonds is 7. The zero-order chi connectivity index (χ0) is 18.2. The van der Waals surface area contributed by atoms with Gasteiger partial charge in [0, 0.05) is 18.1 Å². The number of carbonyl (C=O) groups excluding carboxylic acids is 1. The average molecular weight is 359 g/mol. The van der Waals surface area contributed by atoms with E-state index in [9.17, 15) is 4.79 Å². The number of ether oxygens (including phenoxy) is 1. The van der Waals surface area contributed by atoms with Crippen LogP contribution in [-0.4, -0.2) is 25.4 Å². The molecule has 2 aromatic carbocycles. The summed E-state index contributed by atoms with van der Waals surface area (Å²) in [5.74, 6) is 2.48. The summed E-state index contributed by atoms with van der Waals surface area (Å²) >= 11 is 1.83. The van der Waals surface area contributed by atoms with Gasteiger partial charge in [-0.1, -0.05) is 29.8 Å². The van der Waals surface area contributed by atoms with Gasteiger partial charge in [0.1, 0.15) is 5.75 Å². The van der Waals surface area contributed by atoms with Crippen LogP contribution in [0.15, 0.2) is 36.4 Å². The second-order valence-electron chi connectivity index (χ2n) is 6.01. The number of aryl methyl sites for hydroxylation is 3. The summed E-state index contributed by atoms with van der Waals surface area (Å²) < 4.78 is 5.22. The highest BCUT2D eigenvalue weighted by Crippen LogP contribution is 2.23. The van der Waals surface area contributed by atoms with Crippen molar-refractivity contribution in [2.45, 2.75) is 26.5 Å². The highest BCUT2D eigenvalue weighted by molar-refractivity contribution is 7.98. The number of methoxy groups -OCH3 is 1. The number of amides is 2. The molecule has 0 aromatic heterocycles. The van der Waals surface area contributed by atoms with Gasteiger partial charge in [-0.15, -0.1) is 0 Å². The van der Waals surface area contributed by atoms with Crippen molar-refractivity contribution in [3.8, 4) is 5.75 Å². The van der Waals surface area contributed by atoms with Gasteiger partial charge in [0.15, 0.2) is 0 Å². The van der Waals surface area contributed by atoms with Crippen molar-refractivity contribution in [1.29, 1.82) is 0 Å². The number of hydrogen-bond donors (Lipinski definition) is 2. The Morgan fingerprint density at radius 2 is 1.80 bits per heavy atom. The van der Waals surface area contributed by atoms with E-state index >= 15 is 0 Å². The molecule has 0 heterocycles. The third kappa shape index (κ3) is 5.71. The van der Waals surface area contributed by atoms with Crippen LogP contribution in [0.25, 0.3) is 0 Å². The Morgan fingerprint density at radius 3 is 2.48 bits per heavy atom. The fourth-order valence-corrected chi connectivity index (χ4v) is 3.81. The monoisotopic (exact) mass is 358 g/mol. The molecule has 0 atom stereocenters. The first-order valence-corrected chi connectivity index (χ1v) is 9.49. The number of thioether (sulfide) groups is 1. The Hall–Kier alpha value is -2.14. The van der Waals surface area contributed by atoms with Crippen molar-refractivity contribution >= 4 is 23.5 Å². The fourth-order valence-electron chi connectivity index (χ4n) is 2.76. The molecule has 0 spiro atoms. The van der Waals surface area contributed by atoms with Gasteiger partial charge in [-0.25, -0.2) is 4.79 Å². The van der Waals surface area contributed by atoms with E-state index in [4.69, 9.17) is 4.74 Å². The lowest BCUT2D eigenvalue weighted by atomic mass is 10.0. The molecule has 2 rings (SSSR count). The molecule has 0 saturated carbocycles. The standard InChI is InChI=1S/C20H26N2O2S/c1-14-11-15(2)17(16(3)12-14)13-25-10-9-21-20(23)22-18-7-5-6-8-19(18)24-4/h5-8,11-12H,9-10,13H2,1-4H3,(H2,21,22,23). The lowest BCUT2D eigenvalue weighted by molar-refractivity contribution is 0.252. The molecule has 134 valence electrons. The molecule has 0 aliphatic carbocycles. The average Bonchev–Trinajstić information content (AvgIpc) is 2.57. The highest BCUT2D eigenvalue weighted by Gasteiger charge is 2.07. The van der Waals surface area contributed by atoms with E-state index in [1.807, 2.05) is 36.0 Å². The smallest absolute Gasteiger partial charge is 0.319 e. The van der Waals surface area contributed by atoms with Gasteiger partial charge in [0.2, 0.25) is 0 Å². The Bertz CT molecular complexity index is 708. The molecule has 5 heteroatoms. The van der Waals surface area contributed by atoms with Crippen LogP contribution in [0.2, 0.25) is 0 Å². The van der Waals surface area contributed by atoms with Crippen molar-refractivity contribution in [3.63, 3.8) is 0 Å². The van der Waals surface area contributed by atoms with Gasteiger partial charge >= 0.3 is 6.03 Å². The normalized spacial score (nSPS) is 10.4. The Morgan fingerprint density at radius 1 is 1.12 bits per heavy atom. The third-order valence-corrected chi connectivity index (χ3v) is 4.96. The fraction of sp³-hybridized carbons (Fsp3) is 0.350. The van der Waals surface area contributed by atoms with E-state index in [-0.39, 0.29) is 6.03 Å². The van der Waals surface area contributed by atoms with E-state index in [2.05, 4.69) is 43.5 Å². The zero-order valence-corrected chi connectivity index (χ0v) is 16.1. The SMILES string of the molecule is COc1ccccc1NC(=O)NCCSCc1c(C)cc(C)cc1C. The van der Waals surface area contributed by atoms with Crippen LogP contribution in [0.4, 0.5) is 10.5 Å². The van der Waals surface area contributed by atoms with E-state index in [0.717, 1.165) is 11.5 Å². The minimum absolute atomic E-state index is 0.215. The minimum Gasteiger partial charge on any atom is -0.495 e. The van der Waals surface area contributed by atoms with Crippen LogP contribution >= 0.6 is 11.8 Å². The molecule has 2 aromatic rings. The summed E-state index contributed by atoms with van der Waals surface area (Å²) in [6, 6.07) is 11.6. The van der Waals surface area contributed by atoms with Gasteiger partial charge < -0.3 is 15.4 Å². The largest absolute Gasteiger partial charge is 0.495 e. The number of para-hydroxylation sites is 2. The molecule has 2 amide bonds. The number of anilines is 1. The lowest BCUT2D eigenvalue weighted by Crippen LogP contribution is -2.30. The first-order chi connectivity index (χ1) is 12.0.